The maximum absolute atomic E-state index is 12.0. The molecule has 2 aliphatic carbocycles. The quantitative estimate of drug-likeness (QED) is 0.469. The van der Waals surface area contributed by atoms with Crippen LogP contribution in [-0.4, -0.2) is 24.1 Å². The molecule has 1 amide bonds. The minimum atomic E-state index is -0.357. The monoisotopic (exact) mass is 376 g/mol. The van der Waals surface area contributed by atoms with Gasteiger partial charge in [-0.05, 0) is 42.7 Å². The zero-order valence-electron chi connectivity index (χ0n) is 15.4. The van der Waals surface area contributed by atoms with Crippen molar-refractivity contribution in [1.82, 2.24) is 5.43 Å². The van der Waals surface area contributed by atoms with Gasteiger partial charge in [-0.2, -0.15) is 5.10 Å². The van der Waals surface area contributed by atoms with Crippen LogP contribution in [0.25, 0.3) is 0 Å². The van der Waals surface area contributed by atoms with E-state index in [2.05, 4.69) is 36.5 Å². The number of nitrogens with two attached hydrogens (primary N) is 1. The van der Waals surface area contributed by atoms with E-state index in [9.17, 15) is 4.79 Å². The highest BCUT2D eigenvalue weighted by molar-refractivity contribution is 6.31. The lowest BCUT2D eigenvalue weighted by atomic mass is 9.70. The molecule has 2 atom stereocenters. The number of hydrogen-bond donors (Lipinski definition) is 2. The van der Waals surface area contributed by atoms with E-state index in [1.54, 1.807) is 24.3 Å². The zero-order valence-corrected chi connectivity index (χ0v) is 16.1. The molecule has 0 radical (unpaired) electrons. The number of carbonyl (C=O) groups is 1. The van der Waals surface area contributed by atoms with Crippen molar-refractivity contribution in [3.8, 4) is 0 Å². The van der Waals surface area contributed by atoms with Crippen molar-refractivity contribution in [2.24, 2.45) is 32.7 Å². The SMILES string of the molecule is CC12CCC(C/C1=N/NC(=O)CO/N=C(\N)c1cccc(Cl)c1)C2(C)C. The Labute approximate surface area is 158 Å². The van der Waals surface area contributed by atoms with Crippen LogP contribution in [0.5, 0.6) is 0 Å². The number of nitrogens with one attached hydrogen (secondary N) is 1. The highest BCUT2D eigenvalue weighted by atomic mass is 35.5. The minimum Gasteiger partial charge on any atom is -0.384 e. The summed E-state index contributed by atoms with van der Waals surface area (Å²) in [6.07, 6.45) is 3.30. The summed E-state index contributed by atoms with van der Waals surface area (Å²) >= 11 is 5.90. The van der Waals surface area contributed by atoms with Gasteiger partial charge in [-0.15, -0.1) is 0 Å². The summed E-state index contributed by atoms with van der Waals surface area (Å²) in [5, 5.41) is 8.69. The van der Waals surface area contributed by atoms with Gasteiger partial charge in [-0.25, -0.2) is 5.43 Å². The van der Waals surface area contributed by atoms with Gasteiger partial charge in [0.05, 0.1) is 0 Å². The Kier molecular flexibility index (Phi) is 4.97. The first-order valence-corrected chi connectivity index (χ1v) is 9.19. The first kappa shape index (κ1) is 18.7. The molecule has 1 aromatic rings. The van der Waals surface area contributed by atoms with Crippen LogP contribution in [0.15, 0.2) is 34.5 Å². The summed E-state index contributed by atoms with van der Waals surface area (Å²) < 4.78 is 0. The summed E-state index contributed by atoms with van der Waals surface area (Å²) in [7, 11) is 0. The molecule has 7 heteroatoms. The molecule has 1 aromatic carbocycles. The van der Waals surface area contributed by atoms with Crippen molar-refractivity contribution >= 4 is 29.1 Å². The molecule has 3 rings (SSSR count). The van der Waals surface area contributed by atoms with Gasteiger partial charge >= 0.3 is 0 Å². The van der Waals surface area contributed by atoms with E-state index in [-0.39, 0.29) is 29.2 Å². The number of fused-ring (bicyclic) bond motifs is 2. The summed E-state index contributed by atoms with van der Waals surface area (Å²) in [4.78, 5) is 17.0. The highest BCUT2D eigenvalue weighted by Gasteiger charge is 2.59. The Balaban J connectivity index is 1.53. The number of amidine groups is 1. The zero-order chi connectivity index (χ0) is 18.9. The molecule has 140 valence electrons. The second-order valence-corrected chi connectivity index (χ2v) is 8.28. The number of halogens is 1. The Morgan fingerprint density at radius 3 is 2.81 bits per heavy atom. The number of hydrazone groups is 1. The fourth-order valence-corrected chi connectivity index (χ4v) is 4.31. The molecule has 0 aliphatic heterocycles. The van der Waals surface area contributed by atoms with Crippen LogP contribution in [-0.2, 0) is 9.63 Å². The molecular weight excluding hydrogens is 352 g/mol. The van der Waals surface area contributed by atoms with Crippen molar-refractivity contribution in [1.29, 1.82) is 0 Å². The van der Waals surface area contributed by atoms with Gasteiger partial charge in [0.15, 0.2) is 12.4 Å². The molecule has 2 aliphatic rings. The summed E-state index contributed by atoms with van der Waals surface area (Å²) in [5.41, 5.74) is 10.4. The number of rotatable bonds is 5. The molecule has 2 unspecified atom stereocenters. The summed E-state index contributed by atoms with van der Waals surface area (Å²) in [6, 6.07) is 6.94. The average molecular weight is 377 g/mol. The largest absolute Gasteiger partial charge is 0.384 e. The minimum absolute atomic E-state index is 0.0565. The molecule has 6 nitrogen and oxygen atoms in total. The predicted molar refractivity (Wildman–Crippen MR) is 103 cm³/mol. The van der Waals surface area contributed by atoms with E-state index < -0.39 is 0 Å². The second kappa shape index (κ2) is 6.91. The molecule has 2 saturated carbocycles. The van der Waals surface area contributed by atoms with E-state index in [0.29, 0.717) is 16.5 Å². The Morgan fingerprint density at radius 2 is 2.19 bits per heavy atom. The van der Waals surface area contributed by atoms with Gasteiger partial charge in [0.1, 0.15) is 0 Å². The Morgan fingerprint density at radius 1 is 1.42 bits per heavy atom. The summed E-state index contributed by atoms with van der Waals surface area (Å²) in [5.74, 6) is 0.444. The van der Waals surface area contributed by atoms with Gasteiger partial charge in [0, 0.05) is 21.7 Å². The maximum Gasteiger partial charge on any atom is 0.280 e. The van der Waals surface area contributed by atoms with Crippen molar-refractivity contribution in [2.45, 2.75) is 40.0 Å². The number of hydrogen-bond acceptors (Lipinski definition) is 4. The van der Waals surface area contributed by atoms with E-state index >= 15 is 0 Å². The lowest BCUT2D eigenvalue weighted by molar-refractivity contribution is -0.125. The van der Waals surface area contributed by atoms with Crippen LogP contribution in [0, 0.1) is 16.7 Å². The van der Waals surface area contributed by atoms with Crippen LogP contribution in [0.2, 0.25) is 5.02 Å². The second-order valence-electron chi connectivity index (χ2n) is 7.85. The molecule has 0 aromatic heterocycles. The van der Waals surface area contributed by atoms with Crippen LogP contribution >= 0.6 is 11.6 Å². The fourth-order valence-electron chi connectivity index (χ4n) is 4.12. The third kappa shape index (κ3) is 3.30. The Hall–Kier alpha value is -2.08. The van der Waals surface area contributed by atoms with Gasteiger partial charge < -0.3 is 10.6 Å². The third-order valence-electron chi connectivity index (χ3n) is 6.31. The predicted octanol–water partition coefficient (Wildman–Crippen LogP) is 3.30. The van der Waals surface area contributed by atoms with E-state index in [1.165, 1.54) is 6.42 Å². The smallest absolute Gasteiger partial charge is 0.280 e. The first-order valence-electron chi connectivity index (χ1n) is 8.81. The van der Waals surface area contributed by atoms with Crippen LogP contribution in [0.4, 0.5) is 0 Å². The normalized spacial score (nSPS) is 28.4. The van der Waals surface area contributed by atoms with Crippen LogP contribution < -0.4 is 11.2 Å². The molecular formula is C19H25ClN4O2. The highest BCUT2D eigenvalue weighted by Crippen LogP contribution is 2.63. The topological polar surface area (TPSA) is 89.1 Å². The average Bonchev–Trinajstić information content (AvgIpc) is 2.93. The van der Waals surface area contributed by atoms with E-state index in [4.69, 9.17) is 22.2 Å². The number of amides is 1. The standard InChI is InChI=1S/C19H25ClN4O2/c1-18(2)13-7-8-19(18,3)15(10-13)22-23-16(25)11-26-24-17(21)12-5-4-6-14(20)9-12/h4-6,9,13H,7-8,10-11H2,1-3H3,(H2,21,24)(H,23,25)/b22-15-. The van der Waals surface area contributed by atoms with Gasteiger partial charge in [0.25, 0.3) is 5.91 Å². The third-order valence-corrected chi connectivity index (χ3v) is 6.54. The summed E-state index contributed by atoms with van der Waals surface area (Å²) in [6.45, 7) is 6.59. The van der Waals surface area contributed by atoms with Crippen molar-refractivity contribution < 1.29 is 9.63 Å². The van der Waals surface area contributed by atoms with Gasteiger partial charge in [0.2, 0.25) is 0 Å². The first-order chi connectivity index (χ1) is 12.2. The fraction of sp³-hybridized carbons (Fsp3) is 0.526. The number of nitrogens with zero attached hydrogens (tertiary/aromatic N) is 2. The molecule has 2 bridgehead atoms. The Bertz CT molecular complexity index is 775. The molecule has 3 N–H and O–H groups in total. The van der Waals surface area contributed by atoms with Gasteiger partial charge in [-0.3, -0.25) is 4.79 Å². The van der Waals surface area contributed by atoms with Crippen molar-refractivity contribution in [2.75, 3.05) is 6.61 Å². The molecule has 0 spiro atoms. The molecule has 0 heterocycles. The molecule has 26 heavy (non-hydrogen) atoms. The lowest BCUT2D eigenvalue weighted by Gasteiger charge is -2.34. The van der Waals surface area contributed by atoms with E-state index in [0.717, 1.165) is 18.6 Å². The maximum atomic E-state index is 12.0. The van der Waals surface area contributed by atoms with Crippen LogP contribution in [0.1, 0.15) is 45.6 Å². The molecule has 0 saturated heterocycles. The molecule has 2 fully saturated rings. The van der Waals surface area contributed by atoms with Crippen LogP contribution in [0.3, 0.4) is 0 Å². The number of carbonyl (C=O) groups excluding carboxylic acids is 1. The lowest BCUT2D eigenvalue weighted by Crippen LogP contribution is -2.34. The van der Waals surface area contributed by atoms with Gasteiger partial charge in [-0.1, -0.05) is 49.7 Å². The van der Waals surface area contributed by atoms with Crippen molar-refractivity contribution in [3.05, 3.63) is 34.9 Å². The van der Waals surface area contributed by atoms with E-state index in [1.807, 2.05) is 0 Å². The number of benzene rings is 1. The number of oxime groups is 1. The van der Waals surface area contributed by atoms with Crippen molar-refractivity contribution in [3.63, 3.8) is 0 Å².